The summed E-state index contributed by atoms with van der Waals surface area (Å²) in [7, 11) is 0. The van der Waals surface area contributed by atoms with Crippen LogP contribution in [0.15, 0.2) is 29.3 Å². The summed E-state index contributed by atoms with van der Waals surface area (Å²) >= 11 is 2.21. The van der Waals surface area contributed by atoms with Crippen molar-refractivity contribution in [1.82, 2.24) is 10.6 Å². The molecule has 26 heavy (non-hydrogen) atoms. The summed E-state index contributed by atoms with van der Waals surface area (Å²) in [5, 5.41) is 5.38. The van der Waals surface area contributed by atoms with Crippen molar-refractivity contribution < 1.29 is 19.1 Å². The van der Waals surface area contributed by atoms with Crippen LogP contribution in [0.2, 0.25) is 0 Å². The van der Waals surface area contributed by atoms with Crippen molar-refractivity contribution >= 4 is 40.7 Å². The average molecular weight is 475 g/mol. The van der Waals surface area contributed by atoms with Crippen molar-refractivity contribution in [3.8, 4) is 0 Å². The second kappa shape index (κ2) is 9.20. The molecule has 0 saturated carbocycles. The van der Waals surface area contributed by atoms with Crippen LogP contribution in [0.25, 0.3) is 0 Å². The van der Waals surface area contributed by atoms with E-state index in [1.54, 1.807) is 41.5 Å². The van der Waals surface area contributed by atoms with Gasteiger partial charge in [-0.15, -0.1) is 4.99 Å². The summed E-state index contributed by atoms with van der Waals surface area (Å²) in [6.45, 7) is 10.8. The van der Waals surface area contributed by atoms with Gasteiger partial charge in [0.25, 0.3) is 0 Å². The van der Waals surface area contributed by atoms with Gasteiger partial charge in [0, 0.05) is 10.1 Å². The van der Waals surface area contributed by atoms with Gasteiger partial charge >= 0.3 is 12.2 Å². The molecule has 0 aliphatic heterocycles. The SMILES string of the molecule is CC(C)(C)OC(=O)/N=C(\NCc1cccc(I)c1)NC(=O)OC(C)(C)C. The van der Waals surface area contributed by atoms with E-state index in [9.17, 15) is 9.59 Å². The van der Waals surface area contributed by atoms with Crippen LogP contribution in [0.1, 0.15) is 47.1 Å². The van der Waals surface area contributed by atoms with Crippen molar-refractivity contribution in [2.75, 3.05) is 0 Å². The Morgan fingerprint density at radius 3 is 2.23 bits per heavy atom. The molecule has 0 atom stereocenters. The van der Waals surface area contributed by atoms with Crippen LogP contribution in [-0.2, 0) is 16.0 Å². The molecule has 0 aliphatic rings. The Morgan fingerprint density at radius 1 is 1.08 bits per heavy atom. The van der Waals surface area contributed by atoms with Crippen molar-refractivity contribution in [3.05, 3.63) is 33.4 Å². The third kappa shape index (κ3) is 10.2. The van der Waals surface area contributed by atoms with Crippen molar-refractivity contribution in [3.63, 3.8) is 0 Å². The van der Waals surface area contributed by atoms with Crippen LogP contribution in [0.3, 0.4) is 0 Å². The third-order valence-electron chi connectivity index (χ3n) is 2.56. The summed E-state index contributed by atoms with van der Waals surface area (Å²) < 4.78 is 11.4. The van der Waals surface area contributed by atoms with Crippen LogP contribution < -0.4 is 10.6 Å². The smallest absolute Gasteiger partial charge is 0.437 e. The van der Waals surface area contributed by atoms with Crippen LogP contribution in [-0.4, -0.2) is 29.3 Å². The molecule has 1 rings (SSSR count). The molecule has 0 unspecified atom stereocenters. The van der Waals surface area contributed by atoms with E-state index < -0.39 is 23.4 Å². The fourth-order valence-electron chi connectivity index (χ4n) is 1.72. The number of hydrogen-bond acceptors (Lipinski definition) is 4. The second-order valence-corrected chi connectivity index (χ2v) is 8.80. The summed E-state index contributed by atoms with van der Waals surface area (Å²) in [6.07, 6.45) is -1.52. The lowest BCUT2D eigenvalue weighted by molar-refractivity contribution is 0.0560. The molecule has 2 N–H and O–H groups in total. The average Bonchev–Trinajstić information content (AvgIpc) is 2.40. The minimum absolute atomic E-state index is 0.0349. The highest BCUT2D eigenvalue weighted by molar-refractivity contribution is 14.1. The van der Waals surface area contributed by atoms with Gasteiger partial charge < -0.3 is 14.8 Å². The lowest BCUT2D eigenvalue weighted by Crippen LogP contribution is -2.44. The van der Waals surface area contributed by atoms with Gasteiger partial charge in [-0.2, -0.15) is 0 Å². The molecule has 7 nitrogen and oxygen atoms in total. The first-order chi connectivity index (χ1) is 11.8. The third-order valence-corrected chi connectivity index (χ3v) is 3.24. The fraction of sp³-hybridized carbons (Fsp3) is 0.500. The van der Waals surface area contributed by atoms with Gasteiger partial charge in [-0.25, -0.2) is 9.59 Å². The molecule has 8 heteroatoms. The molecule has 0 spiro atoms. The number of guanidine groups is 1. The van der Waals surface area contributed by atoms with E-state index in [2.05, 4.69) is 38.2 Å². The number of amides is 2. The minimum Gasteiger partial charge on any atom is -0.444 e. The maximum atomic E-state index is 12.0. The number of alkyl carbamates (subject to hydrolysis) is 1. The van der Waals surface area contributed by atoms with Gasteiger partial charge in [0.1, 0.15) is 11.2 Å². The van der Waals surface area contributed by atoms with Crippen molar-refractivity contribution in [1.29, 1.82) is 0 Å². The molecule has 1 aromatic rings. The highest BCUT2D eigenvalue weighted by atomic mass is 127. The monoisotopic (exact) mass is 475 g/mol. The van der Waals surface area contributed by atoms with Crippen LogP contribution in [0, 0.1) is 3.57 Å². The molecule has 0 aromatic heterocycles. The summed E-state index contributed by atoms with van der Waals surface area (Å²) in [4.78, 5) is 27.8. The molecule has 0 saturated heterocycles. The maximum Gasteiger partial charge on any atom is 0.437 e. The number of carbonyl (C=O) groups is 2. The van der Waals surface area contributed by atoms with E-state index in [1.807, 2.05) is 24.3 Å². The van der Waals surface area contributed by atoms with Gasteiger partial charge in [0.15, 0.2) is 0 Å². The van der Waals surface area contributed by atoms with E-state index in [0.717, 1.165) is 9.13 Å². The lowest BCUT2D eigenvalue weighted by atomic mass is 10.2. The van der Waals surface area contributed by atoms with Crippen LogP contribution in [0.4, 0.5) is 9.59 Å². The fourth-order valence-corrected chi connectivity index (χ4v) is 2.33. The number of rotatable bonds is 2. The number of ether oxygens (including phenoxy) is 2. The van der Waals surface area contributed by atoms with E-state index in [1.165, 1.54) is 0 Å². The number of aliphatic imine (C=N–C) groups is 1. The summed E-state index contributed by atoms with van der Waals surface area (Å²) in [5.41, 5.74) is -0.385. The van der Waals surface area contributed by atoms with Crippen LogP contribution >= 0.6 is 22.6 Å². The number of carbonyl (C=O) groups excluding carboxylic acids is 2. The quantitative estimate of drug-likeness (QED) is 0.381. The predicted molar refractivity (Wildman–Crippen MR) is 109 cm³/mol. The van der Waals surface area contributed by atoms with Crippen molar-refractivity contribution in [2.45, 2.75) is 59.3 Å². The first-order valence-corrected chi connectivity index (χ1v) is 9.22. The standard InChI is InChI=1S/C18H26IN3O4/c1-17(2,3)25-15(23)21-14(22-16(24)26-18(4,5)6)20-11-12-8-7-9-13(19)10-12/h7-10H,11H2,1-6H3,(H2,20,21,22,23,24). The maximum absolute atomic E-state index is 12.0. The van der Waals surface area contributed by atoms with E-state index in [4.69, 9.17) is 9.47 Å². The zero-order chi connectivity index (χ0) is 20.0. The molecule has 0 aliphatic carbocycles. The lowest BCUT2D eigenvalue weighted by Gasteiger charge is -2.21. The summed E-state index contributed by atoms with van der Waals surface area (Å²) in [5.74, 6) is -0.0349. The van der Waals surface area contributed by atoms with E-state index in [0.29, 0.717) is 6.54 Å². The minimum atomic E-state index is -0.807. The molecule has 1 aromatic carbocycles. The van der Waals surface area contributed by atoms with Gasteiger partial charge in [0.05, 0.1) is 0 Å². The Hall–Kier alpha value is -1.84. The Labute approximate surface area is 168 Å². The van der Waals surface area contributed by atoms with Crippen LogP contribution in [0.5, 0.6) is 0 Å². The van der Waals surface area contributed by atoms with Crippen molar-refractivity contribution in [2.24, 2.45) is 4.99 Å². The van der Waals surface area contributed by atoms with Gasteiger partial charge in [-0.1, -0.05) is 12.1 Å². The van der Waals surface area contributed by atoms with E-state index in [-0.39, 0.29) is 5.96 Å². The molecule has 0 bridgehead atoms. The number of nitrogens with zero attached hydrogens (tertiary/aromatic N) is 1. The molecular weight excluding hydrogens is 449 g/mol. The number of hydrogen-bond donors (Lipinski definition) is 2. The van der Waals surface area contributed by atoms with E-state index >= 15 is 0 Å². The summed E-state index contributed by atoms with van der Waals surface area (Å²) in [6, 6.07) is 7.79. The second-order valence-electron chi connectivity index (χ2n) is 7.55. The molecule has 144 valence electrons. The Kier molecular flexibility index (Phi) is 7.86. The highest BCUT2D eigenvalue weighted by Gasteiger charge is 2.20. The van der Waals surface area contributed by atoms with Gasteiger partial charge in [0.2, 0.25) is 5.96 Å². The zero-order valence-corrected chi connectivity index (χ0v) is 18.1. The molecule has 0 radical (unpaired) electrons. The normalized spacial score (nSPS) is 12.3. The molecule has 2 amide bonds. The Morgan fingerprint density at radius 2 is 1.69 bits per heavy atom. The topological polar surface area (TPSA) is 89.0 Å². The molecule has 0 heterocycles. The first-order valence-electron chi connectivity index (χ1n) is 8.14. The largest absolute Gasteiger partial charge is 0.444 e. The number of benzene rings is 1. The zero-order valence-electron chi connectivity index (χ0n) is 16.0. The number of nitrogens with one attached hydrogen (secondary N) is 2. The molecule has 0 fully saturated rings. The Balaban J connectivity index is 2.86. The van der Waals surface area contributed by atoms with Gasteiger partial charge in [-0.3, -0.25) is 5.32 Å². The Bertz CT molecular complexity index is 676. The molecular formula is C18H26IN3O4. The first kappa shape index (κ1) is 22.2. The number of halogens is 1. The predicted octanol–water partition coefficient (Wildman–Crippen LogP) is 4.20. The van der Waals surface area contributed by atoms with Gasteiger partial charge in [-0.05, 0) is 81.8 Å². The highest BCUT2D eigenvalue weighted by Crippen LogP contribution is 2.10.